The standard InChI is InChI=1S/C7H9N3O3S/c11-5-1-2-9-7(10-5)14-4-8-3-6(12)13/h1-2,8H,3-4H2,(H,12,13)(H,9,10,11). The van der Waals surface area contributed by atoms with Gasteiger partial charge in [-0.3, -0.25) is 14.9 Å². The van der Waals surface area contributed by atoms with Crippen molar-refractivity contribution in [2.45, 2.75) is 5.16 Å². The van der Waals surface area contributed by atoms with Crippen molar-refractivity contribution in [1.82, 2.24) is 15.3 Å². The molecule has 6 nitrogen and oxygen atoms in total. The number of carbonyl (C=O) groups is 1. The van der Waals surface area contributed by atoms with Crippen molar-refractivity contribution < 1.29 is 9.90 Å². The summed E-state index contributed by atoms with van der Waals surface area (Å²) < 4.78 is 0. The van der Waals surface area contributed by atoms with Crippen LogP contribution in [0.1, 0.15) is 0 Å². The monoisotopic (exact) mass is 215 g/mol. The Morgan fingerprint density at radius 3 is 3.14 bits per heavy atom. The summed E-state index contributed by atoms with van der Waals surface area (Å²) >= 11 is 1.24. The number of thioether (sulfide) groups is 1. The van der Waals surface area contributed by atoms with Gasteiger partial charge in [-0.25, -0.2) is 4.98 Å². The van der Waals surface area contributed by atoms with Gasteiger partial charge in [-0.05, 0) is 0 Å². The molecule has 1 rings (SSSR count). The second-order valence-electron chi connectivity index (χ2n) is 2.35. The third-order valence-electron chi connectivity index (χ3n) is 1.24. The van der Waals surface area contributed by atoms with Gasteiger partial charge in [-0.1, -0.05) is 11.8 Å². The van der Waals surface area contributed by atoms with Crippen molar-refractivity contribution in [1.29, 1.82) is 0 Å². The molecule has 0 aliphatic carbocycles. The first kappa shape index (κ1) is 10.7. The predicted octanol–water partition coefficient (Wildman–Crippen LogP) is -0.506. The molecule has 0 fully saturated rings. The number of nitrogens with zero attached hydrogens (tertiary/aromatic N) is 1. The van der Waals surface area contributed by atoms with Crippen LogP contribution in [-0.4, -0.2) is 33.5 Å². The Kier molecular flexibility index (Phi) is 4.14. The highest BCUT2D eigenvalue weighted by molar-refractivity contribution is 7.99. The summed E-state index contributed by atoms with van der Waals surface area (Å²) in [5.41, 5.74) is -0.222. The minimum absolute atomic E-state index is 0.107. The number of H-pyrrole nitrogens is 1. The second-order valence-corrected chi connectivity index (χ2v) is 3.31. The summed E-state index contributed by atoms with van der Waals surface area (Å²) in [6.07, 6.45) is 1.40. The van der Waals surface area contributed by atoms with Gasteiger partial charge in [0.05, 0.1) is 6.54 Å². The molecule has 76 valence electrons. The zero-order chi connectivity index (χ0) is 10.4. The van der Waals surface area contributed by atoms with Crippen molar-refractivity contribution in [2.75, 3.05) is 12.4 Å². The Hall–Kier alpha value is -1.34. The van der Waals surface area contributed by atoms with Gasteiger partial charge in [0.2, 0.25) is 0 Å². The molecule has 0 saturated heterocycles. The number of aromatic nitrogens is 2. The molecule has 3 N–H and O–H groups in total. The van der Waals surface area contributed by atoms with Crippen LogP contribution < -0.4 is 10.9 Å². The normalized spacial score (nSPS) is 10.0. The van der Waals surface area contributed by atoms with E-state index in [2.05, 4.69) is 15.3 Å². The van der Waals surface area contributed by atoms with Gasteiger partial charge >= 0.3 is 5.97 Å². The van der Waals surface area contributed by atoms with E-state index in [1.807, 2.05) is 0 Å². The molecule has 1 heterocycles. The second kappa shape index (κ2) is 5.40. The Balaban J connectivity index is 2.31. The summed E-state index contributed by atoms with van der Waals surface area (Å²) in [4.78, 5) is 27.3. The molecule has 0 amide bonds. The average molecular weight is 215 g/mol. The fourth-order valence-corrected chi connectivity index (χ4v) is 1.35. The molecular weight excluding hydrogens is 206 g/mol. The first-order valence-corrected chi connectivity index (χ1v) is 4.77. The van der Waals surface area contributed by atoms with E-state index in [1.165, 1.54) is 24.0 Å². The van der Waals surface area contributed by atoms with Crippen LogP contribution in [0.5, 0.6) is 0 Å². The molecule has 0 aliphatic rings. The fraction of sp³-hybridized carbons (Fsp3) is 0.286. The number of carboxylic acid groups (broad SMARTS) is 1. The topological polar surface area (TPSA) is 95.1 Å². The van der Waals surface area contributed by atoms with Crippen molar-refractivity contribution >= 4 is 17.7 Å². The summed E-state index contributed by atoms with van der Waals surface area (Å²) in [5, 5.41) is 11.4. The molecule has 0 bridgehead atoms. The van der Waals surface area contributed by atoms with E-state index in [1.54, 1.807) is 0 Å². The van der Waals surface area contributed by atoms with Gasteiger partial charge in [0.25, 0.3) is 5.56 Å². The number of aliphatic carboxylic acids is 1. The van der Waals surface area contributed by atoms with Crippen molar-refractivity contribution in [3.05, 3.63) is 22.6 Å². The molecule has 0 atom stereocenters. The molecule has 0 aromatic carbocycles. The molecule has 0 unspecified atom stereocenters. The number of rotatable bonds is 5. The molecule has 0 radical (unpaired) electrons. The molecule has 0 aliphatic heterocycles. The van der Waals surface area contributed by atoms with Crippen LogP contribution in [0.3, 0.4) is 0 Å². The van der Waals surface area contributed by atoms with Crippen LogP contribution in [0.2, 0.25) is 0 Å². The highest BCUT2D eigenvalue weighted by Crippen LogP contribution is 2.06. The minimum atomic E-state index is -0.917. The first-order valence-electron chi connectivity index (χ1n) is 3.79. The predicted molar refractivity (Wildman–Crippen MR) is 51.2 cm³/mol. The highest BCUT2D eigenvalue weighted by Gasteiger charge is 1.97. The van der Waals surface area contributed by atoms with Crippen LogP contribution in [-0.2, 0) is 4.79 Å². The maximum atomic E-state index is 10.8. The molecule has 0 saturated carbocycles. The van der Waals surface area contributed by atoms with Crippen molar-refractivity contribution in [2.24, 2.45) is 0 Å². The largest absolute Gasteiger partial charge is 0.480 e. The maximum Gasteiger partial charge on any atom is 0.317 e. The third kappa shape index (κ3) is 4.06. The van der Waals surface area contributed by atoms with Crippen molar-refractivity contribution in [3.63, 3.8) is 0 Å². The SMILES string of the molecule is O=C(O)CNCSc1nccc(=O)[nH]1. The van der Waals surface area contributed by atoms with Gasteiger partial charge in [-0.15, -0.1) is 0 Å². The number of hydrogen-bond acceptors (Lipinski definition) is 5. The Labute approximate surface area is 83.8 Å². The van der Waals surface area contributed by atoms with E-state index < -0.39 is 5.97 Å². The van der Waals surface area contributed by atoms with E-state index in [0.29, 0.717) is 11.0 Å². The Bertz CT molecular complexity index is 365. The van der Waals surface area contributed by atoms with E-state index in [-0.39, 0.29) is 12.1 Å². The zero-order valence-electron chi connectivity index (χ0n) is 7.19. The van der Waals surface area contributed by atoms with Gasteiger partial charge in [0.15, 0.2) is 5.16 Å². The van der Waals surface area contributed by atoms with Crippen LogP contribution in [0, 0.1) is 0 Å². The third-order valence-corrected chi connectivity index (χ3v) is 2.06. The smallest absolute Gasteiger partial charge is 0.317 e. The molecule has 0 spiro atoms. The fourth-order valence-electron chi connectivity index (χ4n) is 0.703. The lowest BCUT2D eigenvalue weighted by Gasteiger charge is -1.99. The summed E-state index contributed by atoms with van der Waals surface area (Å²) in [5.74, 6) is -0.528. The van der Waals surface area contributed by atoms with Gasteiger partial charge in [0.1, 0.15) is 0 Å². The van der Waals surface area contributed by atoms with Gasteiger partial charge < -0.3 is 10.1 Å². The minimum Gasteiger partial charge on any atom is -0.480 e. The number of hydrogen-bond donors (Lipinski definition) is 3. The molecule has 1 aromatic heterocycles. The quantitative estimate of drug-likeness (QED) is 0.265. The lowest BCUT2D eigenvalue weighted by molar-refractivity contribution is -0.135. The number of nitrogens with one attached hydrogen (secondary N) is 2. The maximum absolute atomic E-state index is 10.8. The van der Waals surface area contributed by atoms with E-state index in [0.717, 1.165) is 0 Å². The van der Waals surface area contributed by atoms with Crippen molar-refractivity contribution in [3.8, 4) is 0 Å². The van der Waals surface area contributed by atoms with Crippen LogP contribution in [0.25, 0.3) is 0 Å². The summed E-state index contributed by atoms with van der Waals surface area (Å²) in [7, 11) is 0. The zero-order valence-corrected chi connectivity index (χ0v) is 8.00. The number of carboxylic acids is 1. The average Bonchev–Trinajstić information content (AvgIpc) is 2.12. The van der Waals surface area contributed by atoms with E-state index in [4.69, 9.17) is 5.11 Å². The molecular formula is C7H9N3O3S. The molecule has 7 heteroatoms. The Morgan fingerprint density at radius 1 is 1.71 bits per heavy atom. The van der Waals surface area contributed by atoms with E-state index in [9.17, 15) is 9.59 Å². The van der Waals surface area contributed by atoms with Crippen LogP contribution >= 0.6 is 11.8 Å². The highest BCUT2D eigenvalue weighted by atomic mass is 32.2. The Morgan fingerprint density at radius 2 is 2.50 bits per heavy atom. The first-order chi connectivity index (χ1) is 6.68. The molecule has 1 aromatic rings. The number of aromatic amines is 1. The van der Waals surface area contributed by atoms with Gasteiger partial charge in [-0.2, -0.15) is 0 Å². The molecule has 14 heavy (non-hydrogen) atoms. The van der Waals surface area contributed by atoms with Gasteiger partial charge in [0, 0.05) is 18.1 Å². The lowest BCUT2D eigenvalue weighted by atomic mass is 10.7. The van der Waals surface area contributed by atoms with Crippen LogP contribution in [0.15, 0.2) is 22.2 Å². The summed E-state index contributed by atoms with van der Waals surface area (Å²) in [6.45, 7) is -0.107. The lowest BCUT2D eigenvalue weighted by Crippen LogP contribution is -2.22. The van der Waals surface area contributed by atoms with Crippen LogP contribution in [0.4, 0.5) is 0 Å². The summed E-state index contributed by atoms with van der Waals surface area (Å²) in [6, 6.07) is 1.31. The van der Waals surface area contributed by atoms with E-state index >= 15 is 0 Å².